The van der Waals surface area contributed by atoms with Crippen molar-refractivity contribution in [2.75, 3.05) is 0 Å². The second kappa shape index (κ2) is 6.46. The fraction of sp³-hybridized carbons (Fsp3) is 0.625. The van der Waals surface area contributed by atoms with Crippen LogP contribution in [0.5, 0.6) is 0 Å². The summed E-state index contributed by atoms with van der Waals surface area (Å²) in [6, 6.07) is 3.43. The molecule has 118 valence electrons. The minimum absolute atomic E-state index is 0.0150. The fourth-order valence-electron chi connectivity index (χ4n) is 3.02. The molecule has 0 amide bonds. The van der Waals surface area contributed by atoms with Gasteiger partial charge in [-0.2, -0.15) is 0 Å². The molecule has 1 aliphatic carbocycles. The molecule has 1 aromatic carbocycles. The van der Waals surface area contributed by atoms with Crippen molar-refractivity contribution in [3.8, 4) is 0 Å². The highest BCUT2D eigenvalue weighted by Gasteiger charge is 2.28. The maximum absolute atomic E-state index is 12.7. The maximum atomic E-state index is 12.7. The first-order chi connectivity index (χ1) is 9.85. The number of aryl methyl sites for hydroxylation is 1. The third kappa shape index (κ3) is 3.65. The molecule has 1 aromatic rings. The number of nitrogens with one attached hydrogen (secondary N) is 1. The molecule has 0 aromatic heterocycles. The van der Waals surface area contributed by atoms with Crippen LogP contribution in [0.15, 0.2) is 17.0 Å². The number of aliphatic hydroxyl groups is 1. The minimum atomic E-state index is -3.54. The summed E-state index contributed by atoms with van der Waals surface area (Å²) in [7, 11) is -3.54. The van der Waals surface area contributed by atoms with E-state index in [1.807, 2.05) is 19.9 Å². The standard InChI is InChI=1S/C16H25NO3S/c1-11-6-4-5-7-15(11)17-21(19,20)16-9-14(10-18)8-12(2)13(16)3/h8-9,11,15,17-18H,4-7,10H2,1-3H3. The van der Waals surface area contributed by atoms with Gasteiger partial charge in [0.1, 0.15) is 0 Å². The Morgan fingerprint density at radius 3 is 2.52 bits per heavy atom. The van der Waals surface area contributed by atoms with Crippen LogP contribution in [0.4, 0.5) is 0 Å². The Morgan fingerprint density at radius 2 is 1.90 bits per heavy atom. The van der Waals surface area contributed by atoms with Crippen LogP contribution >= 0.6 is 0 Å². The molecule has 0 radical (unpaired) electrons. The summed E-state index contributed by atoms with van der Waals surface area (Å²) in [5.41, 5.74) is 2.27. The van der Waals surface area contributed by atoms with Crippen LogP contribution in [0.3, 0.4) is 0 Å². The van der Waals surface area contributed by atoms with E-state index in [9.17, 15) is 13.5 Å². The van der Waals surface area contributed by atoms with Gasteiger partial charge >= 0.3 is 0 Å². The molecule has 0 bridgehead atoms. The first kappa shape index (κ1) is 16.5. The van der Waals surface area contributed by atoms with E-state index in [1.54, 1.807) is 6.07 Å². The first-order valence-corrected chi connectivity index (χ1v) is 9.07. The second-order valence-corrected chi connectivity index (χ2v) is 7.87. The van der Waals surface area contributed by atoms with E-state index in [1.165, 1.54) is 6.42 Å². The highest BCUT2D eigenvalue weighted by Crippen LogP contribution is 2.27. The highest BCUT2D eigenvalue weighted by atomic mass is 32.2. The number of hydrogen-bond donors (Lipinski definition) is 2. The Kier molecular flexibility index (Phi) is 5.07. The van der Waals surface area contributed by atoms with Gasteiger partial charge < -0.3 is 5.11 Å². The van der Waals surface area contributed by atoms with Gasteiger partial charge in [-0.15, -0.1) is 0 Å². The van der Waals surface area contributed by atoms with Crippen molar-refractivity contribution in [1.82, 2.24) is 4.72 Å². The van der Waals surface area contributed by atoms with Gasteiger partial charge in [0.15, 0.2) is 0 Å². The van der Waals surface area contributed by atoms with Crippen molar-refractivity contribution in [2.45, 2.75) is 64.0 Å². The number of sulfonamides is 1. The van der Waals surface area contributed by atoms with Crippen molar-refractivity contribution >= 4 is 10.0 Å². The minimum Gasteiger partial charge on any atom is -0.392 e. The third-order valence-corrected chi connectivity index (χ3v) is 6.19. The van der Waals surface area contributed by atoms with Crippen LogP contribution in [-0.2, 0) is 16.6 Å². The molecular formula is C16H25NO3S. The third-order valence-electron chi connectivity index (χ3n) is 4.57. The van der Waals surface area contributed by atoms with Crippen LogP contribution in [0.1, 0.15) is 49.3 Å². The van der Waals surface area contributed by atoms with Crippen molar-refractivity contribution < 1.29 is 13.5 Å². The summed E-state index contributed by atoms with van der Waals surface area (Å²) >= 11 is 0. The van der Waals surface area contributed by atoms with Gasteiger partial charge in [0.05, 0.1) is 11.5 Å². The lowest BCUT2D eigenvalue weighted by Crippen LogP contribution is -2.41. The molecule has 2 atom stereocenters. The van der Waals surface area contributed by atoms with Crippen LogP contribution in [-0.4, -0.2) is 19.6 Å². The quantitative estimate of drug-likeness (QED) is 0.898. The lowest BCUT2D eigenvalue weighted by atomic mass is 9.87. The van der Waals surface area contributed by atoms with Crippen LogP contribution in [0.25, 0.3) is 0 Å². The average molecular weight is 311 g/mol. The van der Waals surface area contributed by atoms with Gasteiger partial charge in [0, 0.05) is 6.04 Å². The summed E-state index contributed by atoms with van der Waals surface area (Å²) in [4.78, 5) is 0.296. The maximum Gasteiger partial charge on any atom is 0.241 e. The van der Waals surface area contributed by atoms with E-state index in [0.717, 1.165) is 30.4 Å². The second-order valence-electron chi connectivity index (χ2n) is 6.18. The summed E-state index contributed by atoms with van der Waals surface area (Å²) in [6.45, 7) is 5.64. The molecule has 1 fully saturated rings. The lowest BCUT2D eigenvalue weighted by Gasteiger charge is -2.29. The lowest BCUT2D eigenvalue weighted by molar-refractivity contribution is 0.281. The molecule has 1 saturated carbocycles. The fourth-order valence-corrected chi connectivity index (χ4v) is 4.77. The Labute approximate surface area is 127 Å². The van der Waals surface area contributed by atoms with Gasteiger partial charge in [-0.3, -0.25) is 0 Å². The molecule has 0 aliphatic heterocycles. The van der Waals surface area contributed by atoms with Gasteiger partial charge in [-0.25, -0.2) is 13.1 Å². The summed E-state index contributed by atoms with van der Waals surface area (Å²) in [6.07, 6.45) is 4.23. The first-order valence-electron chi connectivity index (χ1n) is 7.58. The summed E-state index contributed by atoms with van der Waals surface area (Å²) < 4.78 is 28.3. The largest absolute Gasteiger partial charge is 0.392 e. The molecule has 2 unspecified atom stereocenters. The van der Waals surface area contributed by atoms with E-state index < -0.39 is 10.0 Å². The highest BCUT2D eigenvalue weighted by molar-refractivity contribution is 7.89. The normalized spacial score (nSPS) is 23.2. The van der Waals surface area contributed by atoms with Crippen LogP contribution in [0, 0.1) is 19.8 Å². The van der Waals surface area contributed by atoms with Gasteiger partial charge in [-0.1, -0.05) is 25.8 Å². The molecule has 0 heterocycles. The molecule has 0 saturated heterocycles. The molecule has 4 nitrogen and oxygen atoms in total. The number of benzene rings is 1. The number of rotatable bonds is 4. The predicted molar refractivity (Wildman–Crippen MR) is 83.6 cm³/mol. The zero-order valence-corrected chi connectivity index (χ0v) is 13.8. The predicted octanol–water partition coefficient (Wildman–Crippen LogP) is 2.65. The molecule has 0 spiro atoms. The van der Waals surface area contributed by atoms with Crippen molar-refractivity contribution in [1.29, 1.82) is 0 Å². The molecule has 1 aliphatic rings. The van der Waals surface area contributed by atoms with E-state index in [2.05, 4.69) is 11.6 Å². The van der Waals surface area contributed by atoms with Gasteiger partial charge in [-0.05, 0) is 55.4 Å². The SMILES string of the molecule is Cc1cc(CO)cc(S(=O)(=O)NC2CCCCC2C)c1C. The summed E-state index contributed by atoms with van der Waals surface area (Å²) in [5, 5.41) is 9.29. The number of hydrogen-bond acceptors (Lipinski definition) is 3. The van der Waals surface area contributed by atoms with Crippen LogP contribution < -0.4 is 4.72 Å². The van der Waals surface area contributed by atoms with Gasteiger partial charge in [0.2, 0.25) is 10.0 Å². The smallest absolute Gasteiger partial charge is 0.241 e. The molecule has 2 N–H and O–H groups in total. The van der Waals surface area contributed by atoms with Crippen LogP contribution in [0.2, 0.25) is 0 Å². The monoisotopic (exact) mass is 311 g/mol. The zero-order chi connectivity index (χ0) is 15.6. The van der Waals surface area contributed by atoms with Crippen molar-refractivity contribution in [3.05, 3.63) is 28.8 Å². The molecule has 5 heteroatoms. The average Bonchev–Trinajstić information content (AvgIpc) is 2.43. The molecule has 21 heavy (non-hydrogen) atoms. The number of aliphatic hydroxyl groups excluding tert-OH is 1. The molecule has 2 rings (SSSR count). The Bertz CT molecular complexity index is 610. The molecular weight excluding hydrogens is 286 g/mol. The van der Waals surface area contributed by atoms with E-state index in [4.69, 9.17) is 0 Å². The Morgan fingerprint density at radius 1 is 1.24 bits per heavy atom. The Hall–Kier alpha value is -0.910. The Balaban J connectivity index is 2.33. The van der Waals surface area contributed by atoms with E-state index in [0.29, 0.717) is 16.4 Å². The van der Waals surface area contributed by atoms with E-state index >= 15 is 0 Å². The topological polar surface area (TPSA) is 66.4 Å². The van der Waals surface area contributed by atoms with Crippen molar-refractivity contribution in [2.24, 2.45) is 5.92 Å². The summed E-state index contributed by atoms with van der Waals surface area (Å²) in [5.74, 6) is 0.371. The van der Waals surface area contributed by atoms with E-state index in [-0.39, 0.29) is 12.6 Å². The van der Waals surface area contributed by atoms with Gasteiger partial charge in [0.25, 0.3) is 0 Å². The zero-order valence-electron chi connectivity index (χ0n) is 13.0. The van der Waals surface area contributed by atoms with Crippen molar-refractivity contribution in [3.63, 3.8) is 0 Å².